The first kappa shape index (κ1) is 15.1. The highest BCUT2D eigenvalue weighted by molar-refractivity contribution is 5.17. The van der Waals surface area contributed by atoms with Crippen LogP contribution in [0.5, 0.6) is 0 Å². The molecule has 0 unspecified atom stereocenters. The maximum atomic E-state index is 5.33. The summed E-state index contributed by atoms with van der Waals surface area (Å²) in [5, 5.41) is 3.39. The highest BCUT2D eigenvalue weighted by atomic mass is 16.5. The van der Waals surface area contributed by atoms with Gasteiger partial charge in [-0.2, -0.15) is 0 Å². The van der Waals surface area contributed by atoms with Crippen molar-refractivity contribution in [3.63, 3.8) is 0 Å². The smallest absolute Gasteiger partial charge is 0.130 e. The Morgan fingerprint density at radius 3 is 2.78 bits per heavy atom. The van der Waals surface area contributed by atoms with Crippen molar-refractivity contribution in [1.29, 1.82) is 0 Å². The van der Waals surface area contributed by atoms with Crippen molar-refractivity contribution < 1.29 is 4.74 Å². The monoisotopic (exact) mass is 251 g/mol. The van der Waals surface area contributed by atoms with Gasteiger partial charge in [-0.25, -0.2) is 9.97 Å². The minimum Gasteiger partial charge on any atom is -0.381 e. The summed E-state index contributed by atoms with van der Waals surface area (Å²) in [5.74, 6) is 0.888. The molecule has 1 aromatic heterocycles. The zero-order valence-electron chi connectivity index (χ0n) is 11.8. The molecule has 0 saturated carbocycles. The van der Waals surface area contributed by atoms with E-state index in [-0.39, 0.29) is 0 Å². The van der Waals surface area contributed by atoms with E-state index in [1.165, 1.54) is 5.56 Å². The van der Waals surface area contributed by atoms with Crippen LogP contribution in [0.2, 0.25) is 0 Å². The molecule has 0 aliphatic heterocycles. The first-order valence-electron chi connectivity index (χ1n) is 6.93. The lowest BCUT2D eigenvalue weighted by Gasteiger charge is -2.09. The summed E-state index contributed by atoms with van der Waals surface area (Å²) in [7, 11) is 0. The van der Waals surface area contributed by atoms with Gasteiger partial charge in [0.2, 0.25) is 0 Å². The van der Waals surface area contributed by atoms with Gasteiger partial charge in [0.1, 0.15) is 5.82 Å². The van der Waals surface area contributed by atoms with Gasteiger partial charge in [-0.1, -0.05) is 13.8 Å². The van der Waals surface area contributed by atoms with Crippen LogP contribution in [0.1, 0.15) is 44.3 Å². The normalized spacial score (nSPS) is 10.8. The zero-order chi connectivity index (χ0) is 13.2. The molecule has 0 saturated heterocycles. The van der Waals surface area contributed by atoms with E-state index < -0.39 is 0 Å². The molecule has 0 atom stereocenters. The summed E-state index contributed by atoms with van der Waals surface area (Å²) in [6.07, 6.45) is 4.85. The third kappa shape index (κ3) is 5.10. The third-order valence-corrected chi connectivity index (χ3v) is 2.76. The predicted molar refractivity (Wildman–Crippen MR) is 73.6 cm³/mol. The van der Waals surface area contributed by atoms with E-state index in [1.54, 1.807) is 0 Å². The number of hydrogen-bond acceptors (Lipinski definition) is 4. The highest BCUT2D eigenvalue weighted by Crippen LogP contribution is 2.07. The molecule has 102 valence electrons. The summed E-state index contributed by atoms with van der Waals surface area (Å²) >= 11 is 0. The van der Waals surface area contributed by atoms with Crippen LogP contribution in [-0.4, -0.2) is 29.7 Å². The van der Waals surface area contributed by atoms with Gasteiger partial charge < -0.3 is 10.1 Å². The maximum Gasteiger partial charge on any atom is 0.130 e. The Balaban J connectivity index is 2.58. The lowest BCUT2D eigenvalue weighted by atomic mass is 10.2. The Bertz CT molecular complexity index is 342. The average Bonchev–Trinajstić information content (AvgIpc) is 2.40. The number of aromatic nitrogens is 2. The molecule has 1 N–H and O–H groups in total. The molecule has 0 aliphatic carbocycles. The maximum absolute atomic E-state index is 5.33. The Hall–Kier alpha value is -1.00. The second-order valence-corrected chi connectivity index (χ2v) is 4.24. The number of ether oxygens (including phenoxy) is 1. The Morgan fingerprint density at radius 1 is 1.28 bits per heavy atom. The fourth-order valence-corrected chi connectivity index (χ4v) is 1.77. The van der Waals surface area contributed by atoms with E-state index in [0.29, 0.717) is 6.61 Å². The molecule has 1 rings (SSSR count). The molecule has 4 nitrogen and oxygen atoms in total. The van der Waals surface area contributed by atoms with Crippen molar-refractivity contribution in [3.8, 4) is 0 Å². The van der Waals surface area contributed by atoms with E-state index in [2.05, 4.69) is 29.1 Å². The summed E-state index contributed by atoms with van der Waals surface area (Å²) in [5.41, 5.74) is 2.37. The van der Waals surface area contributed by atoms with Gasteiger partial charge in [0.15, 0.2) is 0 Å². The standard InChI is InChI=1S/C14H25N3O/c1-4-8-15-10-12-11-16-14(7-9-18-6-3)17-13(12)5-2/h11,15H,4-10H2,1-3H3. The number of hydrogen-bond donors (Lipinski definition) is 1. The molecule has 0 bridgehead atoms. The third-order valence-electron chi connectivity index (χ3n) is 2.76. The van der Waals surface area contributed by atoms with Crippen molar-refractivity contribution in [2.75, 3.05) is 19.8 Å². The molecule has 0 radical (unpaired) electrons. The van der Waals surface area contributed by atoms with Crippen molar-refractivity contribution in [3.05, 3.63) is 23.3 Å². The molecule has 0 fully saturated rings. The van der Waals surface area contributed by atoms with E-state index >= 15 is 0 Å². The summed E-state index contributed by atoms with van der Waals surface area (Å²) in [6, 6.07) is 0. The predicted octanol–water partition coefficient (Wildman–Crippen LogP) is 2.12. The van der Waals surface area contributed by atoms with Gasteiger partial charge in [-0.3, -0.25) is 0 Å². The van der Waals surface area contributed by atoms with Crippen LogP contribution in [0.15, 0.2) is 6.20 Å². The second kappa shape index (κ2) is 9.00. The van der Waals surface area contributed by atoms with E-state index in [4.69, 9.17) is 4.74 Å². The molecule has 1 aromatic rings. The fourth-order valence-electron chi connectivity index (χ4n) is 1.77. The van der Waals surface area contributed by atoms with Crippen LogP contribution in [-0.2, 0) is 24.1 Å². The van der Waals surface area contributed by atoms with Crippen molar-refractivity contribution >= 4 is 0 Å². The number of nitrogens with zero attached hydrogens (tertiary/aromatic N) is 2. The van der Waals surface area contributed by atoms with Crippen LogP contribution in [0.4, 0.5) is 0 Å². The lowest BCUT2D eigenvalue weighted by Crippen LogP contribution is -2.17. The first-order chi connectivity index (χ1) is 8.81. The summed E-state index contributed by atoms with van der Waals surface area (Å²) in [6.45, 7) is 9.66. The van der Waals surface area contributed by atoms with Crippen molar-refractivity contribution in [2.45, 2.75) is 46.6 Å². The number of nitrogens with one attached hydrogen (secondary N) is 1. The minimum absolute atomic E-state index is 0.701. The van der Waals surface area contributed by atoms with E-state index in [1.807, 2.05) is 13.1 Å². The molecule has 4 heteroatoms. The van der Waals surface area contributed by atoms with Gasteiger partial charge >= 0.3 is 0 Å². The summed E-state index contributed by atoms with van der Waals surface area (Å²) in [4.78, 5) is 9.02. The van der Waals surface area contributed by atoms with Gasteiger partial charge in [-0.05, 0) is 26.3 Å². The second-order valence-electron chi connectivity index (χ2n) is 4.24. The molecule has 0 spiro atoms. The highest BCUT2D eigenvalue weighted by Gasteiger charge is 2.05. The largest absolute Gasteiger partial charge is 0.381 e. The van der Waals surface area contributed by atoms with Crippen LogP contribution in [0.25, 0.3) is 0 Å². The lowest BCUT2D eigenvalue weighted by molar-refractivity contribution is 0.149. The van der Waals surface area contributed by atoms with Crippen LogP contribution < -0.4 is 5.32 Å². The Kier molecular flexibility index (Phi) is 7.53. The molecule has 0 aliphatic rings. The van der Waals surface area contributed by atoms with Gasteiger partial charge in [0.05, 0.1) is 6.61 Å². The SMILES string of the molecule is CCCNCc1cnc(CCOCC)nc1CC. The van der Waals surface area contributed by atoms with Crippen molar-refractivity contribution in [1.82, 2.24) is 15.3 Å². The molecule has 18 heavy (non-hydrogen) atoms. The molecule has 0 aromatic carbocycles. The summed E-state index contributed by atoms with van der Waals surface area (Å²) < 4.78 is 5.33. The average molecular weight is 251 g/mol. The Labute approximate surface area is 110 Å². The first-order valence-corrected chi connectivity index (χ1v) is 6.93. The Morgan fingerprint density at radius 2 is 2.11 bits per heavy atom. The van der Waals surface area contributed by atoms with Crippen molar-refractivity contribution in [2.24, 2.45) is 0 Å². The fraction of sp³-hybridized carbons (Fsp3) is 0.714. The molecule has 1 heterocycles. The van der Waals surface area contributed by atoms with Gasteiger partial charge in [0, 0.05) is 37.0 Å². The van der Waals surface area contributed by atoms with Crippen LogP contribution >= 0.6 is 0 Å². The van der Waals surface area contributed by atoms with Gasteiger partial charge in [0.25, 0.3) is 0 Å². The van der Waals surface area contributed by atoms with E-state index in [9.17, 15) is 0 Å². The van der Waals surface area contributed by atoms with Crippen LogP contribution in [0.3, 0.4) is 0 Å². The topological polar surface area (TPSA) is 47.0 Å². The van der Waals surface area contributed by atoms with E-state index in [0.717, 1.165) is 50.5 Å². The zero-order valence-corrected chi connectivity index (χ0v) is 11.8. The molecular formula is C14H25N3O. The minimum atomic E-state index is 0.701. The van der Waals surface area contributed by atoms with Gasteiger partial charge in [-0.15, -0.1) is 0 Å². The number of aryl methyl sites for hydroxylation is 1. The number of rotatable bonds is 9. The quantitative estimate of drug-likeness (QED) is 0.683. The molecular weight excluding hydrogens is 226 g/mol. The van der Waals surface area contributed by atoms with Crippen LogP contribution in [0, 0.1) is 0 Å². The molecule has 0 amide bonds.